The second kappa shape index (κ2) is 4.05. The summed E-state index contributed by atoms with van der Waals surface area (Å²) in [7, 11) is 0. The SMILES string of the molecule is O=C(O)/C=C/[C@H](O)CO. The molecule has 0 aliphatic rings. The van der Waals surface area contributed by atoms with Crippen LogP contribution < -0.4 is 0 Å². The van der Waals surface area contributed by atoms with Gasteiger partial charge in [0.1, 0.15) is 0 Å². The van der Waals surface area contributed by atoms with Crippen molar-refractivity contribution in [3.05, 3.63) is 12.2 Å². The van der Waals surface area contributed by atoms with Gasteiger partial charge >= 0.3 is 5.97 Å². The molecule has 52 valence electrons. The Balaban J connectivity index is 3.56. The van der Waals surface area contributed by atoms with E-state index in [2.05, 4.69) is 0 Å². The maximum atomic E-state index is 9.74. The van der Waals surface area contributed by atoms with Crippen molar-refractivity contribution in [3.8, 4) is 0 Å². The molecule has 0 radical (unpaired) electrons. The molecule has 0 aromatic rings. The van der Waals surface area contributed by atoms with E-state index in [1.54, 1.807) is 0 Å². The zero-order valence-corrected chi connectivity index (χ0v) is 4.69. The molecule has 4 nitrogen and oxygen atoms in total. The quantitative estimate of drug-likeness (QED) is 0.429. The number of carboxylic acid groups (broad SMARTS) is 1. The first-order valence-electron chi connectivity index (χ1n) is 2.37. The summed E-state index contributed by atoms with van der Waals surface area (Å²) in [6, 6.07) is 0. The number of aliphatic carboxylic acids is 1. The zero-order chi connectivity index (χ0) is 7.28. The van der Waals surface area contributed by atoms with E-state index < -0.39 is 18.7 Å². The fourth-order valence-corrected chi connectivity index (χ4v) is 0.254. The van der Waals surface area contributed by atoms with Crippen molar-refractivity contribution >= 4 is 5.97 Å². The molecule has 9 heavy (non-hydrogen) atoms. The highest BCUT2D eigenvalue weighted by atomic mass is 16.4. The summed E-state index contributed by atoms with van der Waals surface area (Å²) in [5, 5.41) is 24.6. The van der Waals surface area contributed by atoms with Gasteiger partial charge in [0.25, 0.3) is 0 Å². The van der Waals surface area contributed by atoms with Gasteiger partial charge in [0.05, 0.1) is 12.7 Å². The first-order chi connectivity index (χ1) is 4.16. The van der Waals surface area contributed by atoms with Crippen LogP contribution in [0.3, 0.4) is 0 Å². The summed E-state index contributed by atoms with van der Waals surface area (Å²) < 4.78 is 0. The molecule has 4 heteroatoms. The number of aliphatic hydroxyl groups excluding tert-OH is 2. The Labute approximate surface area is 52.1 Å². The highest BCUT2D eigenvalue weighted by molar-refractivity contribution is 5.79. The molecule has 1 atom stereocenters. The van der Waals surface area contributed by atoms with Crippen molar-refractivity contribution in [2.45, 2.75) is 6.10 Å². The van der Waals surface area contributed by atoms with Crippen LogP contribution in [0.4, 0.5) is 0 Å². The Morgan fingerprint density at radius 3 is 2.56 bits per heavy atom. The van der Waals surface area contributed by atoms with Gasteiger partial charge in [-0.3, -0.25) is 0 Å². The van der Waals surface area contributed by atoms with Crippen LogP contribution in [0.15, 0.2) is 12.2 Å². The Morgan fingerprint density at radius 2 is 2.22 bits per heavy atom. The van der Waals surface area contributed by atoms with Gasteiger partial charge in [-0.2, -0.15) is 0 Å². The van der Waals surface area contributed by atoms with E-state index in [1.807, 2.05) is 0 Å². The number of carbonyl (C=O) groups is 1. The van der Waals surface area contributed by atoms with E-state index in [0.717, 1.165) is 12.2 Å². The second-order valence-corrected chi connectivity index (χ2v) is 1.45. The molecule has 3 N–H and O–H groups in total. The van der Waals surface area contributed by atoms with Gasteiger partial charge in [0, 0.05) is 6.08 Å². The normalized spacial score (nSPS) is 14.0. The molecule has 0 bridgehead atoms. The highest BCUT2D eigenvalue weighted by Crippen LogP contribution is 1.82. The van der Waals surface area contributed by atoms with Crippen molar-refractivity contribution in [2.75, 3.05) is 6.61 Å². The molecule has 0 aromatic heterocycles. The summed E-state index contributed by atoms with van der Waals surface area (Å²) in [6.45, 7) is -0.455. The lowest BCUT2D eigenvalue weighted by Crippen LogP contribution is -2.08. The van der Waals surface area contributed by atoms with E-state index in [-0.39, 0.29) is 0 Å². The Kier molecular flexibility index (Phi) is 3.66. The molecular formula is C5H8O4. The van der Waals surface area contributed by atoms with Crippen LogP contribution >= 0.6 is 0 Å². The number of hydrogen-bond donors (Lipinski definition) is 3. The van der Waals surface area contributed by atoms with Gasteiger partial charge < -0.3 is 15.3 Å². The largest absolute Gasteiger partial charge is 0.478 e. The molecule has 0 rings (SSSR count). The predicted octanol–water partition coefficient (Wildman–Crippen LogP) is -1.02. The van der Waals surface area contributed by atoms with E-state index in [4.69, 9.17) is 15.3 Å². The van der Waals surface area contributed by atoms with E-state index >= 15 is 0 Å². The van der Waals surface area contributed by atoms with Gasteiger partial charge in [0.15, 0.2) is 0 Å². The second-order valence-electron chi connectivity index (χ2n) is 1.45. The summed E-state index contributed by atoms with van der Waals surface area (Å²) >= 11 is 0. The Morgan fingerprint density at radius 1 is 1.67 bits per heavy atom. The summed E-state index contributed by atoms with van der Waals surface area (Å²) in [4.78, 5) is 9.74. The summed E-state index contributed by atoms with van der Waals surface area (Å²) in [5.74, 6) is -1.14. The average molecular weight is 132 g/mol. The van der Waals surface area contributed by atoms with Crippen molar-refractivity contribution in [3.63, 3.8) is 0 Å². The lowest BCUT2D eigenvalue weighted by atomic mass is 10.3. The maximum Gasteiger partial charge on any atom is 0.328 e. The first-order valence-corrected chi connectivity index (χ1v) is 2.37. The number of carboxylic acids is 1. The lowest BCUT2D eigenvalue weighted by molar-refractivity contribution is -0.131. The fourth-order valence-electron chi connectivity index (χ4n) is 0.254. The van der Waals surface area contributed by atoms with Crippen molar-refractivity contribution in [2.24, 2.45) is 0 Å². The third-order valence-corrected chi connectivity index (χ3v) is 0.648. The standard InChI is InChI=1S/C5H8O4/c6-3-4(7)1-2-5(8)9/h1-2,4,6-7H,3H2,(H,8,9)/b2-1+/t4-/m0/s1. The maximum absolute atomic E-state index is 9.74. The van der Waals surface area contributed by atoms with Crippen LogP contribution in [0, 0.1) is 0 Å². The molecule has 0 saturated heterocycles. The minimum Gasteiger partial charge on any atom is -0.478 e. The molecule has 0 heterocycles. The topological polar surface area (TPSA) is 77.8 Å². The molecule has 0 spiro atoms. The zero-order valence-electron chi connectivity index (χ0n) is 4.69. The van der Waals surface area contributed by atoms with Crippen LogP contribution in [0.1, 0.15) is 0 Å². The van der Waals surface area contributed by atoms with Gasteiger partial charge in [0.2, 0.25) is 0 Å². The minimum absolute atomic E-state index is 0.455. The molecule has 0 saturated carbocycles. The van der Waals surface area contributed by atoms with Crippen molar-refractivity contribution in [1.29, 1.82) is 0 Å². The van der Waals surface area contributed by atoms with E-state index in [9.17, 15) is 4.79 Å². The summed E-state index contributed by atoms with van der Waals surface area (Å²) in [6.07, 6.45) is 0.713. The minimum atomic E-state index is -1.14. The molecule has 0 aromatic carbocycles. The van der Waals surface area contributed by atoms with Crippen LogP contribution in [0.25, 0.3) is 0 Å². The predicted molar refractivity (Wildman–Crippen MR) is 29.9 cm³/mol. The van der Waals surface area contributed by atoms with E-state index in [0.29, 0.717) is 0 Å². The van der Waals surface area contributed by atoms with Crippen LogP contribution in [0.2, 0.25) is 0 Å². The van der Waals surface area contributed by atoms with Crippen molar-refractivity contribution < 1.29 is 20.1 Å². The van der Waals surface area contributed by atoms with Crippen molar-refractivity contribution in [1.82, 2.24) is 0 Å². The molecule has 0 aliphatic heterocycles. The average Bonchev–Trinajstić information content (AvgIpc) is 1.83. The first kappa shape index (κ1) is 8.13. The number of hydrogen-bond acceptors (Lipinski definition) is 3. The third-order valence-electron chi connectivity index (χ3n) is 0.648. The highest BCUT2D eigenvalue weighted by Gasteiger charge is 1.94. The Hall–Kier alpha value is -0.870. The van der Waals surface area contributed by atoms with Gasteiger partial charge in [-0.25, -0.2) is 4.79 Å². The monoisotopic (exact) mass is 132 g/mol. The Bertz CT molecular complexity index is 118. The summed E-state index contributed by atoms with van der Waals surface area (Å²) in [5.41, 5.74) is 0. The number of rotatable bonds is 3. The molecule has 0 fully saturated rings. The molecule has 0 amide bonds. The fraction of sp³-hybridized carbons (Fsp3) is 0.400. The van der Waals surface area contributed by atoms with Crippen LogP contribution in [-0.2, 0) is 4.79 Å². The smallest absolute Gasteiger partial charge is 0.328 e. The molecule has 0 aliphatic carbocycles. The van der Waals surface area contributed by atoms with Crippen LogP contribution in [0.5, 0.6) is 0 Å². The third kappa shape index (κ3) is 4.99. The van der Waals surface area contributed by atoms with Gasteiger partial charge in [-0.05, 0) is 6.08 Å². The molecular weight excluding hydrogens is 124 g/mol. The number of aliphatic hydroxyl groups is 2. The van der Waals surface area contributed by atoms with Gasteiger partial charge in [-0.1, -0.05) is 0 Å². The van der Waals surface area contributed by atoms with Crippen LogP contribution in [-0.4, -0.2) is 34.0 Å². The molecule has 0 unspecified atom stereocenters. The lowest BCUT2D eigenvalue weighted by Gasteiger charge is -1.95. The van der Waals surface area contributed by atoms with Gasteiger partial charge in [-0.15, -0.1) is 0 Å². The van der Waals surface area contributed by atoms with E-state index in [1.165, 1.54) is 0 Å².